The van der Waals surface area contributed by atoms with Crippen molar-refractivity contribution in [3.63, 3.8) is 0 Å². The van der Waals surface area contributed by atoms with Crippen LogP contribution in [0.5, 0.6) is 5.75 Å². The SMILES string of the molecule is COc1ccccc1C1CCNc2nc(C3CCC3)nn21. The minimum atomic E-state index is 0.207. The summed E-state index contributed by atoms with van der Waals surface area (Å²) in [5, 5.41) is 8.17. The number of aromatic nitrogens is 3. The number of hydrogen-bond donors (Lipinski definition) is 1. The molecule has 0 bridgehead atoms. The number of benzene rings is 1. The molecule has 0 saturated heterocycles. The van der Waals surface area contributed by atoms with Gasteiger partial charge in [-0.05, 0) is 25.3 Å². The number of nitrogens with zero attached hydrogens (tertiary/aromatic N) is 3. The number of nitrogens with one attached hydrogen (secondary N) is 1. The van der Waals surface area contributed by atoms with Crippen LogP contribution in [0.25, 0.3) is 0 Å². The van der Waals surface area contributed by atoms with E-state index in [2.05, 4.69) is 22.1 Å². The van der Waals surface area contributed by atoms with E-state index in [1.165, 1.54) is 24.8 Å². The van der Waals surface area contributed by atoms with Gasteiger partial charge in [0.05, 0.1) is 13.2 Å². The number of anilines is 1. The van der Waals surface area contributed by atoms with Gasteiger partial charge in [0.1, 0.15) is 5.75 Å². The average molecular weight is 284 g/mol. The molecule has 2 aliphatic rings. The summed E-state index contributed by atoms with van der Waals surface area (Å²) in [6.45, 7) is 0.922. The summed E-state index contributed by atoms with van der Waals surface area (Å²) >= 11 is 0. The number of ether oxygens (including phenoxy) is 1. The van der Waals surface area contributed by atoms with Gasteiger partial charge in [-0.25, -0.2) is 4.68 Å². The first kappa shape index (κ1) is 12.7. The zero-order valence-corrected chi connectivity index (χ0v) is 12.2. The number of hydrogen-bond acceptors (Lipinski definition) is 4. The Labute approximate surface area is 124 Å². The van der Waals surface area contributed by atoms with E-state index < -0.39 is 0 Å². The van der Waals surface area contributed by atoms with Crippen LogP contribution in [0.15, 0.2) is 24.3 Å². The lowest BCUT2D eigenvalue weighted by molar-refractivity contribution is 0.381. The summed E-state index contributed by atoms with van der Waals surface area (Å²) in [5.41, 5.74) is 1.19. The molecular formula is C16H20N4O. The zero-order chi connectivity index (χ0) is 14.2. The predicted molar refractivity (Wildman–Crippen MR) is 80.9 cm³/mol. The van der Waals surface area contributed by atoms with Crippen LogP contribution in [0.3, 0.4) is 0 Å². The van der Waals surface area contributed by atoms with Gasteiger partial charge in [-0.3, -0.25) is 0 Å². The van der Waals surface area contributed by atoms with Gasteiger partial charge < -0.3 is 10.1 Å². The third kappa shape index (κ3) is 2.07. The van der Waals surface area contributed by atoms with Crippen molar-refractivity contribution in [3.8, 4) is 5.75 Å². The zero-order valence-electron chi connectivity index (χ0n) is 12.2. The molecule has 5 nitrogen and oxygen atoms in total. The Morgan fingerprint density at radius 1 is 1.24 bits per heavy atom. The van der Waals surface area contributed by atoms with Crippen molar-refractivity contribution in [1.82, 2.24) is 14.8 Å². The predicted octanol–water partition coefficient (Wildman–Crippen LogP) is 2.96. The van der Waals surface area contributed by atoms with Gasteiger partial charge in [-0.2, -0.15) is 10.1 Å². The molecule has 1 unspecified atom stereocenters. The van der Waals surface area contributed by atoms with Crippen LogP contribution < -0.4 is 10.1 Å². The molecule has 21 heavy (non-hydrogen) atoms. The van der Waals surface area contributed by atoms with Gasteiger partial charge >= 0.3 is 0 Å². The molecule has 2 aromatic rings. The fourth-order valence-electron chi connectivity index (χ4n) is 3.19. The topological polar surface area (TPSA) is 52.0 Å². The lowest BCUT2D eigenvalue weighted by Gasteiger charge is -2.26. The van der Waals surface area contributed by atoms with Crippen LogP contribution in [-0.2, 0) is 0 Å². The van der Waals surface area contributed by atoms with Crippen molar-refractivity contribution >= 4 is 5.95 Å². The standard InChI is InChI=1S/C16H20N4O/c1-21-14-8-3-2-7-12(14)13-9-10-17-16-18-15(19-20(13)16)11-5-4-6-11/h2-3,7-8,11,13H,4-6,9-10H2,1H3,(H,17,18,19). The molecule has 1 atom stereocenters. The Bertz CT molecular complexity index is 647. The number of para-hydroxylation sites is 1. The highest BCUT2D eigenvalue weighted by molar-refractivity contribution is 5.40. The molecule has 5 heteroatoms. The molecule has 1 aromatic heterocycles. The largest absolute Gasteiger partial charge is 0.496 e. The third-order valence-corrected chi connectivity index (χ3v) is 4.61. The molecule has 1 aliphatic carbocycles. The van der Waals surface area contributed by atoms with E-state index in [-0.39, 0.29) is 6.04 Å². The van der Waals surface area contributed by atoms with Crippen molar-refractivity contribution < 1.29 is 4.74 Å². The first-order chi connectivity index (χ1) is 10.4. The number of rotatable bonds is 3. The van der Waals surface area contributed by atoms with E-state index >= 15 is 0 Å². The Morgan fingerprint density at radius 2 is 2.10 bits per heavy atom. The molecular weight excluding hydrogens is 264 g/mol. The summed E-state index contributed by atoms with van der Waals surface area (Å²) in [6.07, 6.45) is 4.75. The van der Waals surface area contributed by atoms with Crippen molar-refractivity contribution in [1.29, 1.82) is 0 Å². The van der Waals surface area contributed by atoms with Crippen molar-refractivity contribution in [3.05, 3.63) is 35.7 Å². The van der Waals surface area contributed by atoms with Crippen LogP contribution in [-0.4, -0.2) is 28.4 Å². The highest BCUT2D eigenvalue weighted by Crippen LogP contribution is 2.38. The second kappa shape index (κ2) is 5.06. The summed E-state index contributed by atoms with van der Waals surface area (Å²) in [4.78, 5) is 4.70. The highest BCUT2D eigenvalue weighted by atomic mass is 16.5. The third-order valence-electron chi connectivity index (χ3n) is 4.61. The van der Waals surface area contributed by atoms with Gasteiger partial charge in [0.15, 0.2) is 5.82 Å². The molecule has 1 saturated carbocycles. The maximum Gasteiger partial charge on any atom is 0.221 e. The van der Waals surface area contributed by atoms with Crippen molar-refractivity contribution in [2.24, 2.45) is 0 Å². The summed E-state index contributed by atoms with van der Waals surface area (Å²) in [6, 6.07) is 8.41. The van der Waals surface area contributed by atoms with E-state index in [0.717, 1.165) is 30.5 Å². The van der Waals surface area contributed by atoms with E-state index in [0.29, 0.717) is 5.92 Å². The molecule has 110 valence electrons. The average Bonchev–Trinajstić information content (AvgIpc) is 2.88. The van der Waals surface area contributed by atoms with Gasteiger partial charge in [-0.1, -0.05) is 24.6 Å². The maximum absolute atomic E-state index is 5.52. The maximum atomic E-state index is 5.52. The quantitative estimate of drug-likeness (QED) is 0.941. The molecule has 1 N–H and O–H groups in total. The van der Waals surface area contributed by atoms with Crippen molar-refractivity contribution in [2.75, 3.05) is 19.0 Å². The smallest absolute Gasteiger partial charge is 0.221 e. The highest BCUT2D eigenvalue weighted by Gasteiger charge is 2.30. The molecule has 2 heterocycles. The number of methoxy groups -OCH3 is 1. The summed E-state index contributed by atoms with van der Waals surface area (Å²) in [5.74, 6) is 3.39. The molecule has 1 aromatic carbocycles. The molecule has 0 amide bonds. The molecule has 1 fully saturated rings. The van der Waals surface area contributed by atoms with Crippen LogP contribution in [0.2, 0.25) is 0 Å². The Hall–Kier alpha value is -2.04. The second-order valence-electron chi connectivity index (χ2n) is 5.84. The van der Waals surface area contributed by atoms with E-state index in [1.54, 1.807) is 7.11 Å². The van der Waals surface area contributed by atoms with Gasteiger partial charge in [0.2, 0.25) is 5.95 Å². The number of fused-ring (bicyclic) bond motifs is 1. The monoisotopic (exact) mass is 284 g/mol. The fraction of sp³-hybridized carbons (Fsp3) is 0.500. The van der Waals surface area contributed by atoms with Crippen LogP contribution in [0, 0.1) is 0 Å². The Morgan fingerprint density at radius 3 is 2.86 bits per heavy atom. The van der Waals surface area contributed by atoms with Crippen LogP contribution in [0.4, 0.5) is 5.95 Å². The van der Waals surface area contributed by atoms with Crippen LogP contribution in [0.1, 0.15) is 49.0 Å². The van der Waals surface area contributed by atoms with Gasteiger partial charge in [0.25, 0.3) is 0 Å². The minimum Gasteiger partial charge on any atom is -0.496 e. The minimum absolute atomic E-state index is 0.207. The summed E-state index contributed by atoms with van der Waals surface area (Å²) < 4.78 is 7.57. The normalized spacial score (nSPS) is 21.3. The molecule has 0 spiro atoms. The lowest BCUT2D eigenvalue weighted by Crippen LogP contribution is -2.25. The Balaban J connectivity index is 1.73. The van der Waals surface area contributed by atoms with E-state index in [1.807, 2.05) is 12.1 Å². The fourth-order valence-corrected chi connectivity index (χ4v) is 3.19. The molecule has 0 radical (unpaired) electrons. The first-order valence-electron chi connectivity index (χ1n) is 7.70. The molecule has 4 rings (SSSR count). The Kier molecular flexibility index (Phi) is 3.05. The molecule has 1 aliphatic heterocycles. The van der Waals surface area contributed by atoms with Crippen molar-refractivity contribution in [2.45, 2.75) is 37.6 Å². The van der Waals surface area contributed by atoms with Gasteiger partial charge in [0, 0.05) is 18.0 Å². The van der Waals surface area contributed by atoms with E-state index in [4.69, 9.17) is 14.8 Å². The van der Waals surface area contributed by atoms with Crippen LogP contribution >= 0.6 is 0 Å². The summed E-state index contributed by atoms with van der Waals surface area (Å²) in [7, 11) is 1.72. The van der Waals surface area contributed by atoms with E-state index in [9.17, 15) is 0 Å². The second-order valence-corrected chi connectivity index (χ2v) is 5.84. The lowest BCUT2D eigenvalue weighted by atomic mass is 9.85. The van der Waals surface area contributed by atoms with Gasteiger partial charge in [-0.15, -0.1) is 0 Å². The first-order valence-corrected chi connectivity index (χ1v) is 7.70.